The highest BCUT2D eigenvalue weighted by Crippen LogP contribution is 2.32. The number of nitrogens with zero attached hydrogens (tertiary/aromatic N) is 1. The van der Waals surface area contributed by atoms with Gasteiger partial charge in [0.15, 0.2) is 5.78 Å². The maximum Gasteiger partial charge on any atom is 0.387 e. The fourth-order valence-electron chi connectivity index (χ4n) is 1.37. The number of para-hydroxylation sites is 1. The lowest BCUT2D eigenvalue weighted by Crippen LogP contribution is -2.09. The molecule has 0 amide bonds. The number of nitro groups is 1. The van der Waals surface area contributed by atoms with E-state index in [-0.39, 0.29) is 17.9 Å². The molecule has 1 rings (SSSR count). The molecule has 0 saturated heterocycles. The number of carbonyl (C=O) groups is 1. The summed E-state index contributed by atoms with van der Waals surface area (Å²) >= 11 is 5.29. The van der Waals surface area contributed by atoms with Crippen LogP contribution in [0, 0.1) is 10.1 Å². The van der Waals surface area contributed by atoms with Crippen molar-refractivity contribution < 1.29 is 23.2 Å². The molecule has 0 aromatic heterocycles. The Balaban J connectivity index is 3.17. The van der Waals surface area contributed by atoms with Gasteiger partial charge in [0.05, 0.1) is 10.8 Å². The summed E-state index contributed by atoms with van der Waals surface area (Å²) in [6.45, 7) is -3.18. The second kappa shape index (κ2) is 6.25. The Morgan fingerprint density at radius 3 is 2.67 bits per heavy atom. The molecule has 0 aliphatic heterocycles. The van der Waals surface area contributed by atoms with Crippen LogP contribution in [0.25, 0.3) is 0 Å². The van der Waals surface area contributed by atoms with Gasteiger partial charge in [0.1, 0.15) is 0 Å². The summed E-state index contributed by atoms with van der Waals surface area (Å²) in [4.78, 5) is 21.1. The smallest absolute Gasteiger partial charge is 0.387 e. The first-order valence-electron chi connectivity index (χ1n) is 4.74. The highest BCUT2D eigenvalue weighted by atomic mass is 35.5. The zero-order valence-electron chi connectivity index (χ0n) is 8.94. The van der Waals surface area contributed by atoms with E-state index in [2.05, 4.69) is 4.74 Å². The molecular formula is C10H8ClF2NO4. The monoisotopic (exact) mass is 279 g/mol. The second-order valence-corrected chi connectivity index (χ2v) is 3.52. The summed E-state index contributed by atoms with van der Waals surface area (Å²) in [6, 6.07) is 3.63. The predicted molar refractivity (Wildman–Crippen MR) is 59.2 cm³/mol. The van der Waals surface area contributed by atoms with Gasteiger partial charge in [0.25, 0.3) is 0 Å². The predicted octanol–water partition coefficient (Wildman–Crippen LogP) is 2.55. The van der Waals surface area contributed by atoms with Crippen LogP contribution in [0.15, 0.2) is 18.2 Å². The normalized spacial score (nSPS) is 10.4. The highest BCUT2D eigenvalue weighted by Gasteiger charge is 2.24. The van der Waals surface area contributed by atoms with Crippen LogP contribution >= 0.6 is 11.6 Å². The van der Waals surface area contributed by atoms with Crippen LogP contribution < -0.4 is 4.74 Å². The van der Waals surface area contributed by atoms with Crippen molar-refractivity contribution in [3.05, 3.63) is 33.9 Å². The minimum atomic E-state index is -3.18. The third-order valence-corrected chi connectivity index (χ3v) is 2.32. The van der Waals surface area contributed by atoms with Gasteiger partial charge in [-0.1, -0.05) is 12.1 Å². The van der Waals surface area contributed by atoms with Crippen LogP contribution in [0.2, 0.25) is 0 Å². The average molecular weight is 280 g/mol. The summed E-state index contributed by atoms with van der Waals surface area (Å²) in [7, 11) is 0. The molecule has 0 bridgehead atoms. The van der Waals surface area contributed by atoms with E-state index in [9.17, 15) is 23.7 Å². The summed E-state index contributed by atoms with van der Waals surface area (Å²) in [5.74, 6) is -1.33. The number of hydrogen-bond acceptors (Lipinski definition) is 4. The molecule has 0 saturated carbocycles. The average Bonchev–Trinajstić information content (AvgIpc) is 2.27. The van der Waals surface area contributed by atoms with E-state index >= 15 is 0 Å². The molecule has 1 aromatic rings. The lowest BCUT2D eigenvalue weighted by atomic mass is 10.1. The van der Waals surface area contributed by atoms with E-state index < -0.39 is 28.8 Å². The van der Waals surface area contributed by atoms with Crippen molar-refractivity contribution in [2.24, 2.45) is 0 Å². The van der Waals surface area contributed by atoms with Crippen molar-refractivity contribution in [1.29, 1.82) is 0 Å². The fraction of sp³-hybridized carbons (Fsp3) is 0.300. The lowest BCUT2D eigenvalue weighted by molar-refractivity contribution is -0.387. The van der Waals surface area contributed by atoms with Gasteiger partial charge in [0, 0.05) is 12.0 Å². The van der Waals surface area contributed by atoms with Gasteiger partial charge in [-0.3, -0.25) is 14.9 Å². The standard InChI is InChI=1S/C10H8ClF2NO4/c11-5-7(15)4-6-2-1-3-8(18-10(12)13)9(6)14(16)17/h1-3,10H,4-5H2. The molecule has 98 valence electrons. The summed E-state index contributed by atoms with van der Waals surface area (Å²) in [5, 5.41) is 10.8. The minimum absolute atomic E-state index is 0.0104. The molecule has 0 unspecified atom stereocenters. The lowest BCUT2D eigenvalue weighted by Gasteiger charge is -2.08. The molecule has 18 heavy (non-hydrogen) atoms. The molecule has 0 atom stereocenters. The first-order chi connectivity index (χ1) is 8.45. The molecule has 1 aromatic carbocycles. The molecule has 0 radical (unpaired) electrons. The Morgan fingerprint density at radius 1 is 1.50 bits per heavy atom. The quantitative estimate of drug-likeness (QED) is 0.456. The van der Waals surface area contributed by atoms with Crippen molar-refractivity contribution in [3.63, 3.8) is 0 Å². The molecule has 0 aliphatic rings. The topological polar surface area (TPSA) is 69.4 Å². The Bertz CT molecular complexity index is 467. The van der Waals surface area contributed by atoms with Crippen LogP contribution in [0.5, 0.6) is 5.75 Å². The zero-order chi connectivity index (χ0) is 13.7. The Morgan fingerprint density at radius 2 is 2.17 bits per heavy atom. The number of alkyl halides is 3. The largest absolute Gasteiger partial charge is 0.427 e. The molecule has 0 aliphatic carbocycles. The number of benzene rings is 1. The summed E-state index contributed by atoms with van der Waals surface area (Å²) in [5.41, 5.74) is -0.653. The Kier molecular flexibility index (Phi) is 4.96. The molecule has 0 N–H and O–H groups in total. The first-order valence-corrected chi connectivity index (χ1v) is 5.28. The van der Waals surface area contributed by atoms with E-state index in [0.29, 0.717) is 0 Å². The van der Waals surface area contributed by atoms with Gasteiger partial charge < -0.3 is 4.74 Å². The number of hydrogen-bond donors (Lipinski definition) is 0. The van der Waals surface area contributed by atoms with E-state index in [1.807, 2.05) is 0 Å². The maximum atomic E-state index is 12.1. The maximum absolute atomic E-state index is 12.1. The molecule has 0 fully saturated rings. The van der Waals surface area contributed by atoms with E-state index in [4.69, 9.17) is 11.6 Å². The fourth-order valence-corrected chi connectivity index (χ4v) is 1.46. The third kappa shape index (κ3) is 3.63. The number of ketones is 1. The number of Topliss-reactive ketones (excluding diaryl/α,β-unsaturated/α-hetero) is 1. The number of ether oxygens (including phenoxy) is 1. The van der Waals surface area contributed by atoms with Crippen LogP contribution in [0.4, 0.5) is 14.5 Å². The van der Waals surface area contributed by atoms with Crippen molar-refractivity contribution in [2.75, 3.05) is 5.88 Å². The molecule has 0 spiro atoms. The van der Waals surface area contributed by atoms with Crippen LogP contribution in [0.3, 0.4) is 0 Å². The first kappa shape index (κ1) is 14.3. The van der Waals surface area contributed by atoms with Crippen molar-refractivity contribution in [3.8, 4) is 5.75 Å². The van der Waals surface area contributed by atoms with E-state index in [1.165, 1.54) is 12.1 Å². The SMILES string of the molecule is O=C(CCl)Cc1cccc(OC(F)F)c1[N+](=O)[O-]. The molecular weight excluding hydrogens is 272 g/mol. The van der Waals surface area contributed by atoms with Crippen LogP contribution in [-0.4, -0.2) is 23.2 Å². The molecule has 8 heteroatoms. The van der Waals surface area contributed by atoms with Crippen molar-refractivity contribution in [2.45, 2.75) is 13.0 Å². The second-order valence-electron chi connectivity index (χ2n) is 3.25. The third-order valence-electron chi connectivity index (χ3n) is 2.02. The Labute approximate surface area is 105 Å². The van der Waals surface area contributed by atoms with E-state index in [0.717, 1.165) is 6.07 Å². The van der Waals surface area contributed by atoms with Gasteiger partial charge in [-0.25, -0.2) is 0 Å². The van der Waals surface area contributed by atoms with Gasteiger partial charge in [-0.2, -0.15) is 8.78 Å². The van der Waals surface area contributed by atoms with Crippen LogP contribution in [-0.2, 0) is 11.2 Å². The number of halogens is 3. The van der Waals surface area contributed by atoms with E-state index in [1.54, 1.807) is 0 Å². The van der Waals surface area contributed by atoms with Gasteiger partial charge >= 0.3 is 12.3 Å². The van der Waals surface area contributed by atoms with Gasteiger partial charge in [0.2, 0.25) is 5.75 Å². The summed E-state index contributed by atoms with van der Waals surface area (Å²) in [6.07, 6.45) is -0.305. The highest BCUT2D eigenvalue weighted by molar-refractivity contribution is 6.27. The molecule has 0 heterocycles. The summed E-state index contributed by atoms with van der Waals surface area (Å²) < 4.78 is 28.2. The number of rotatable bonds is 6. The minimum Gasteiger partial charge on any atom is -0.427 e. The van der Waals surface area contributed by atoms with Gasteiger partial charge in [-0.05, 0) is 6.07 Å². The Hall–Kier alpha value is -1.76. The molecule has 5 nitrogen and oxygen atoms in total. The van der Waals surface area contributed by atoms with Crippen LogP contribution in [0.1, 0.15) is 5.56 Å². The number of carbonyl (C=O) groups excluding carboxylic acids is 1. The zero-order valence-corrected chi connectivity index (χ0v) is 9.69. The number of nitro benzene ring substituents is 1. The van der Waals surface area contributed by atoms with Gasteiger partial charge in [-0.15, -0.1) is 11.6 Å². The van der Waals surface area contributed by atoms with Crippen molar-refractivity contribution in [1.82, 2.24) is 0 Å². The van der Waals surface area contributed by atoms with Crippen molar-refractivity contribution >= 4 is 23.1 Å².